The zero-order valence-corrected chi connectivity index (χ0v) is 11.6. The van der Waals surface area contributed by atoms with Crippen LogP contribution in [0.5, 0.6) is 0 Å². The summed E-state index contributed by atoms with van der Waals surface area (Å²) in [5, 5.41) is 2.72. The molecule has 0 fully saturated rings. The Hall–Kier alpha value is -1.15. The van der Waals surface area contributed by atoms with Gasteiger partial charge < -0.3 is 0 Å². The smallest absolute Gasteiger partial charge is 0.152 e. The lowest BCUT2D eigenvalue weighted by atomic mass is 10.3. The van der Waals surface area contributed by atoms with Crippen molar-refractivity contribution in [2.45, 2.75) is 33.4 Å². The Labute approximate surface area is 99.2 Å². The molecule has 16 heavy (non-hydrogen) atoms. The molecule has 86 valence electrons. The Morgan fingerprint density at radius 1 is 1.25 bits per heavy atom. The summed E-state index contributed by atoms with van der Waals surface area (Å²) < 4.78 is 0. The molecule has 0 spiro atoms. The molecule has 0 bridgehead atoms. The van der Waals surface area contributed by atoms with Gasteiger partial charge in [-0.15, -0.1) is 0 Å². The minimum atomic E-state index is -1.63. The van der Waals surface area contributed by atoms with Crippen LogP contribution < -0.4 is 5.19 Å². The molecular formula is C14H20OSi. The fraction of sp³-hybridized carbons (Fsp3) is 0.357. The van der Waals surface area contributed by atoms with E-state index in [9.17, 15) is 4.79 Å². The van der Waals surface area contributed by atoms with Crippen molar-refractivity contribution in [2.75, 3.05) is 0 Å². The van der Waals surface area contributed by atoms with Crippen LogP contribution in [0.15, 0.2) is 41.6 Å². The van der Waals surface area contributed by atoms with Gasteiger partial charge >= 0.3 is 0 Å². The molecule has 0 saturated carbocycles. The van der Waals surface area contributed by atoms with Gasteiger partial charge in [-0.05, 0) is 19.4 Å². The molecule has 0 radical (unpaired) electrons. The Bertz CT molecular complexity index is 390. The number of ketones is 1. The fourth-order valence-corrected chi connectivity index (χ4v) is 4.85. The van der Waals surface area contributed by atoms with Gasteiger partial charge in [-0.1, -0.05) is 60.7 Å². The summed E-state index contributed by atoms with van der Waals surface area (Å²) >= 11 is 0. The van der Waals surface area contributed by atoms with Crippen LogP contribution >= 0.6 is 0 Å². The maximum absolute atomic E-state index is 11.2. The maximum atomic E-state index is 11.2. The Morgan fingerprint density at radius 3 is 2.25 bits per heavy atom. The fourth-order valence-electron chi connectivity index (χ4n) is 2.01. The highest BCUT2D eigenvalue weighted by atomic mass is 28.3. The number of carbonyl (C=O) groups excluding carboxylic acids is 1. The van der Waals surface area contributed by atoms with Crippen molar-refractivity contribution in [1.29, 1.82) is 0 Å². The van der Waals surface area contributed by atoms with E-state index in [4.69, 9.17) is 0 Å². The van der Waals surface area contributed by atoms with E-state index in [0.717, 1.165) is 6.42 Å². The summed E-state index contributed by atoms with van der Waals surface area (Å²) in [5.74, 6) is 0.161. The Kier molecular flexibility index (Phi) is 4.24. The molecule has 0 saturated heterocycles. The molecule has 0 aromatic heterocycles. The summed E-state index contributed by atoms with van der Waals surface area (Å²) in [6.45, 7) is 8.37. The van der Waals surface area contributed by atoms with E-state index in [1.54, 1.807) is 6.92 Å². The van der Waals surface area contributed by atoms with Crippen molar-refractivity contribution in [3.8, 4) is 0 Å². The monoisotopic (exact) mass is 232 g/mol. The van der Waals surface area contributed by atoms with E-state index in [0.29, 0.717) is 0 Å². The molecule has 0 N–H and O–H groups in total. The van der Waals surface area contributed by atoms with Crippen LogP contribution in [0.4, 0.5) is 0 Å². The molecule has 0 atom stereocenters. The average molecular weight is 232 g/mol. The van der Waals surface area contributed by atoms with Crippen LogP contribution in [0.2, 0.25) is 13.1 Å². The molecule has 0 aliphatic rings. The molecule has 0 unspecified atom stereocenters. The average Bonchev–Trinajstić information content (AvgIpc) is 2.26. The second kappa shape index (κ2) is 5.26. The molecule has 2 heteroatoms. The Morgan fingerprint density at radius 2 is 1.81 bits per heavy atom. The van der Waals surface area contributed by atoms with Gasteiger partial charge in [0.05, 0.1) is 0 Å². The van der Waals surface area contributed by atoms with Crippen molar-refractivity contribution in [3.05, 3.63) is 41.6 Å². The molecule has 1 aromatic carbocycles. The quantitative estimate of drug-likeness (QED) is 0.576. The molecule has 1 rings (SSSR count). The first kappa shape index (κ1) is 12.9. The zero-order valence-electron chi connectivity index (χ0n) is 10.6. The number of rotatable bonds is 4. The molecule has 0 heterocycles. The highest BCUT2D eigenvalue weighted by molar-refractivity contribution is 6.95. The van der Waals surface area contributed by atoms with Gasteiger partial charge in [-0.3, -0.25) is 4.79 Å². The third-order valence-electron chi connectivity index (χ3n) is 3.06. The third kappa shape index (κ3) is 2.92. The van der Waals surface area contributed by atoms with Crippen molar-refractivity contribution >= 4 is 19.0 Å². The largest absolute Gasteiger partial charge is 0.295 e. The summed E-state index contributed by atoms with van der Waals surface area (Å²) in [6, 6.07) is 10.5. The predicted molar refractivity (Wildman–Crippen MR) is 72.6 cm³/mol. The summed E-state index contributed by atoms with van der Waals surface area (Å²) in [7, 11) is -1.63. The van der Waals surface area contributed by atoms with Gasteiger partial charge in [0.2, 0.25) is 0 Å². The van der Waals surface area contributed by atoms with Gasteiger partial charge in [0.15, 0.2) is 5.78 Å². The van der Waals surface area contributed by atoms with Crippen LogP contribution in [0.25, 0.3) is 0 Å². The van der Waals surface area contributed by atoms with E-state index in [1.807, 2.05) is 12.1 Å². The van der Waals surface area contributed by atoms with Gasteiger partial charge in [-0.2, -0.15) is 0 Å². The lowest BCUT2D eigenvalue weighted by molar-refractivity contribution is -0.112. The second-order valence-electron chi connectivity index (χ2n) is 4.62. The topological polar surface area (TPSA) is 17.1 Å². The third-order valence-corrected chi connectivity index (χ3v) is 6.94. The second-order valence-corrected chi connectivity index (χ2v) is 9.09. The van der Waals surface area contributed by atoms with Crippen LogP contribution in [0, 0.1) is 0 Å². The normalized spacial score (nSPS) is 12.6. The standard InChI is InChI=1S/C14H20OSi/c1-5-13(11-12(2)15)16(3,4)14-9-7-6-8-10-14/h6-11H,5H2,1-4H3/b13-11-. The van der Waals surface area contributed by atoms with Crippen molar-refractivity contribution in [1.82, 2.24) is 0 Å². The molecule has 0 aliphatic carbocycles. The maximum Gasteiger partial charge on any atom is 0.152 e. The first-order valence-electron chi connectivity index (χ1n) is 5.75. The number of benzene rings is 1. The predicted octanol–water partition coefficient (Wildman–Crippen LogP) is 3.07. The Balaban J connectivity index is 3.14. The number of hydrogen-bond donors (Lipinski definition) is 0. The summed E-state index contributed by atoms with van der Waals surface area (Å²) in [6.07, 6.45) is 2.80. The van der Waals surface area contributed by atoms with Crippen LogP contribution in [0.3, 0.4) is 0 Å². The van der Waals surface area contributed by atoms with Crippen molar-refractivity contribution in [2.24, 2.45) is 0 Å². The van der Waals surface area contributed by atoms with Crippen LogP contribution in [0.1, 0.15) is 20.3 Å². The van der Waals surface area contributed by atoms with Gasteiger partial charge in [0.25, 0.3) is 0 Å². The zero-order chi connectivity index (χ0) is 12.2. The van der Waals surface area contributed by atoms with Crippen LogP contribution in [-0.2, 0) is 4.79 Å². The lowest BCUT2D eigenvalue weighted by Crippen LogP contribution is -2.43. The summed E-state index contributed by atoms with van der Waals surface area (Å²) in [5.41, 5.74) is 0. The lowest BCUT2D eigenvalue weighted by Gasteiger charge is -2.25. The highest BCUT2D eigenvalue weighted by Gasteiger charge is 2.27. The molecular weight excluding hydrogens is 212 g/mol. The summed E-state index contributed by atoms with van der Waals surface area (Å²) in [4.78, 5) is 11.2. The number of carbonyl (C=O) groups is 1. The first-order chi connectivity index (χ1) is 7.48. The number of hydrogen-bond acceptors (Lipinski definition) is 1. The molecule has 1 nitrogen and oxygen atoms in total. The van der Waals surface area contributed by atoms with Crippen LogP contribution in [-0.4, -0.2) is 13.9 Å². The highest BCUT2D eigenvalue weighted by Crippen LogP contribution is 2.18. The van der Waals surface area contributed by atoms with E-state index in [1.165, 1.54) is 10.4 Å². The van der Waals surface area contributed by atoms with E-state index in [2.05, 4.69) is 44.3 Å². The van der Waals surface area contributed by atoms with E-state index >= 15 is 0 Å². The first-order valence-corrected chi connectivity index (χ1v) is 8.75. The van der Waals surface area contributed by atoms with E-state index in [-0.39, 0.29) is 5.78 Å². The van der Waals surface area contributed by atoms with Gasteiger partial charge in [0, 0.05) is 0 Å². The minimum absolute atomic E-state index is 0.161. The van der Waals surface area contributed by atoms with Gasteiger partial charge in [0.1, 0.15) is 8.07 Å². The SMILES string of the molecule is CC/C(=C/C(C)=O)[Si](C)(C)c1ccccc1. The molecule has 0 amide bonds. The number of allylic oxidation sites excluding steroid dienone is 2. The van der Waals surface area contributed by atoms with Gasteiger partial charge in [-0.25, -0.2) is 0 Å². The van der Waals surface area contributed by atoms with Crippen molar-refractivity contribution < 1.29 is 4.79 Å². The molecule has 0 aliphatic heterocycles. The minimum Gasteiger partial charge on any atom is -0.295 e. The molecule has 1 aromatic rings. The van der Waals surface area contributed by atoms with Crippen molar-refractivity contribution in [3.63, 3.8) is 0 Å². The van der Waals surface area contributed by atoms with E-state index < -0.39 is 8.07 Å².